The van der Waals surface area contributed by atoms with Crippen LogP contribution in [0.1, 0.15) is 11.4 Å². The highest BCUT2D eigenvalue weighted by atomic mass is 35.5. The van der Waals surface area contributed by atoms with E-state index in [2.05, 4.69) is 9.97 Å². The van der Waals surface area contributed by atoms with Crippen LogP contribution in [0.3, 0.4) is 0 Å². The van der Waals surface area contributed by atoms with E-state index in [0.29, 0.717) is 16.7 Å². The molecule has 0 bridgehead atoms. The Hall–Kier alpha value is -1.72. The normalized spacial score (nSPS) is 10.9. The maximum Gasteiger partial charge on any atom is 0.169 e. The Balaban J connectivity index is 1.84. The van der Waals surface area contributed by atoms with E-state index in [-0.39, 0.29) is 12.4 Å². The summed E-state index contributed by atoms with van der Waals surface area (Å²) in [5.41, 5.74) is 0.856. The summed E-state index contributed by atoms with van der Waals surface area (Å²) in [5.74, 6) is 0.628. The molecule has 20 heavy (non-hydrogen) atoms. The molecule has 2 aromatic heterocycles. The van der Waals surface area contributed by atoms with E-state index in [1.54, 1.807) is 6.07 Å². The fourth-order valence-electron chi connectivity index (χ4n) is 1.80. The van der Waals surface area contributed by atoms with Gasteiger partial charge < -0.3 is 4.74 Å². The summed E-state index contributed by atoms with van der Waals surface area (Å²) in [7, 11) is 0. The van der Waals surface area contributed by atoms with Gasteiger partial charge in [0.1, 0.15) is 28.2 Å². The second-order valence-corrected chi connectivity index (χ2v) is 5.52. The van der Waals surface area contributed by atoms with E-state index < -0.39 is 0 Å². The van der Waals surface area contributed by atoms with Crippen LogP contribution in [-0.4, -0.2) is 9.97 Å². The molecule has 2 heterocycles. The van der Waals surface area contributed by atoms with Gasteiger partial charge in [-0.1, -0.05) is 17.7 Å². The predicted molar refractivity (Wildman–Crippen MR) is 77.9 cm³/mol. The average Bonchev–Trinajstić information content (AvgIpc) is 2.89. The Bertz CT molecular complexity index is 775. The minimum absolute atomic E-state index is 0.151. The minimum Gasteiger partial charge on any atom is -0.485 e. The van der Waals surface area contributed by atoms with Gasteiger partial charge in [-0.15, -0.1) is 11.3 Å². The summed E-state index contributed by atoms with van der Waals surface area (Å²) in [6.45, 7) is 2.00. The molecular formula is C14H10ClFN2OS. The molecule has 3 aromatic rings. The topological polar surface area (TPSA) is 35.0 Å². The van der Waals surface area contributed by atoms with Crippen LogP contribution in [0.4, 0.5) is 4.39 Å². The molecule has 0 fully saturated rings. The van der Waals surface area contributed by atoms with Gasteiger partial charge in [0, 0.05) is 11.5 Å². The number of hydrogen-bond acceptors (Lipinski definition) is 4. The molecule has 6 heteroatoms. The van der Waals surface area contributed by atoms with Gasteiger partial charge in [0.2, 0.25) is 0 Å². The van der Waals surface area contributed by atoms with Crippen LogP contribution in [0.5, 0.6) is 5.75 Å². The van der Waals surface area contributed by atoms with Crippen LogP contribution in [0, 0.1) is 12.7 Å². The molecule has 0 amide bonds. The first-order valence-electron chi connectivity index (χ1n) is 5.92. The summed E-state index contributed by atoms with van der Waals surface area (Å²) in [6.07, 6.45) is 0. The van der Waals surface area contributed by atoms with Gasteiger partial charge >= 0.3 is 0 Å². The molecule has 0 saturated heterocycles. The zero-order valence-electron chi connectivity index (χ0n) is 10.6. The quantitative estimate of drug-likeness (QED) is 0.674. The average molecular weight is 309 g/mol. The molecule has 0 saturated carbocycles. The van der Waals surface area contributed by atoms with Gasteiger partial charge in [0.15, 0.2) is 5.82 Å². The fraction of sp³-hybridized carbons (Fsp3) is 0.143. The SMILES string of the molecule is Cc1ccc(F)cc1OCc1nc(Cl)c2ccsc2n1. The van der Waals surface area contributed by atoms with Gasteiger partial charge in [-0.25, -0.2) is 14.4 Å². The Morgan fingerprint density at radius 3 is 3.00 bits per heavy atom. The van der Waals surface area contributed by atoms with Crippen LogP contribution in [0.25, 0.3) is 10.2 Å². The van der Waals surface area contributed by atoms with Crippen molar-refractivity contribution in [1.29, 1.82) is 0 Å². The second kappa shape index (κ2) is 5.34. The molecular weight excluding hydrogens is 299 g/mol. The van der Waals surface area contributed by atoms with Crippen molar-refractivity contribution in [1.82, 2.24) is 9.97 Å². The molecule has 0 aliphatic carbocycles. The van der Waals surface area contributed by atoms with E-state index in [1.807, 2.05) is 18.4 Å². The Kier molecular flexibility index (Phi) is 3.54. The third-order valence-corrected chi connectivity index (χ3v) is 3.93. The van der Waals surface area contributed by atoms with Crippen LogP contribution in [0.15, 0.2) is 29.6 Å². The second-order valence-electron chi connectivity index (χ2n) is 4.27. The first-order chi connectivity index (χ1) is 9.63. The van der Waals surface area contributed by atoms with Crippen LogP contribution in [0.2, 0.25) is 5.15 Å². The number of aromatic nitrogens is 2. The van der Waals surface area contributed by atoms with E-state index in [0.717, 1.165) is 15.8 Å². The standard InChI is InChI=1S/C14H10ClFN2OS/c1-8-2-3-9(16)6-11(8)19-7-12-17-13(15)10-4-5-20-14(10)18-12/h2-6H,7H2,1H3. The van der Waals surface area contributed by atoms with Crippen molar-refractivity contribution in [3.8, 4) is 5.75 Å². The number of hydrogen-bond donors (Lipinski definition) is 0. The zero-order valence-corrected chi connectivity index (χ0v) is 12.1. The number of halogens is 2. The van der Waals surface area contributed by atoms with Crippen molar-refractivity contribution >= 4 is 33.2 Å². The highest BCUT2D eigenvalue weighted by Gasteiger charge is 2.08. The maximum atomic E-state index is 13.2. The van der Waals surface area contributed by atoms with Crippen molar-refractivity contribution in [2.75, 3.05) is 0 Å². The smallest absolute Gasteiger partial charge is 0.169 e. The first-order valence-corrected chi connectivity index (χ1v) is 7.18. The van der Waals surface area contributed by atoms with Crippen LogP contribution >= 0.6 is 22.9 Å². The summed E-state index contributed by atoms with van der Waals surface area (Å²) in [6, 6.07) is 6.29. The Morgan fingerprint density at radius 1 is 1.30 bits per heavy atom. The van der Waals surface area contributed by atoms with Crippen molar-refractivity contribution in [3.05, 3.63) is 52.0 Å². The number of thiophene rings is 1. The lowest BCUT2D eigenvalue weighted by Gasteiger charge is -2.08. The highest BCUT2D eigenvalue weighted by molar-refractivity contribution is 7.16. The molecule has 0 N–H and O–H groups in total. The molecule has 3 nitrogen and oxygen atoms in total. The molecule has 0 aliphatic heterocycles. The predicted octanol–water partition coefficient (Wildman–Crippen LogP) is 4.37. The number of aryl methyl sites for hydroxylation is 1. The minimum atomic E-state index is -0.335. The number of rotatable bonds is 3. The highest BCUT2D eigenvalue weighted by Crippen LogP contribution is 2.25. The van der Waals surface area contributed by atoms with E-state index >= 15 is 0 Å². The number of nitrogens with zero attached hydrogens (tertiary/aromatic N) is 2. The van der Waals surface area contributed by atoms with Crippen molar-refractivity contribution in [2.45, 2.75) is 13.5 Å². The number of ether oxygens (including phenoxy) is 1. The lowest BCUT2D eigenvalue weighted by Crippen LogP contribution is -2.02. The summed E-state index contributed by atoms with van der Waals surface area (Å²) in [4.78, 5) is 9.37. The summed E-state index contributed by atoms with van der Waals surface area (Å²) in [5, 5.41) is 3.15. The lowest BCUT2D eigenvalue weighted by atomic mass is 10.2. The molecule has 0 radical (unpaired) electrons. The van der Waals surface area contributed by atoms with E-state index in [1.165, 1.54) is 23.5 Å². The summed E-state index contributed by atoms with van der Waals surface area (Å²) >= 11 is 7.57. The largest absolute Gasteiger partial charge is 0.485 e. The molecule has 102 valence electrons. The van der Waals surface area contributed by atoms with Gasteiger partial charge in [-0.3, -0.25) is 0 Å². The van der Waals surface area contributed by atoms with Crippen molar-refractivity contribution in [2.24, 2.45) is 0 Å². The Morgan fingerprint density at radius 2 is 2.15 bits per heavy atom. The Labute approximate surface area is 124 Å². The van der Waals surface area contributed by atoms with Crippen molar-refractivity contribution in [3.63, 3.8) is 0 Å². The fourth-order valence-corrected chi connectivity index (χ4v) is 2.89. The number of fused-ring (bicyclic) bond motifs is 1. The van der Waals surface area contributed by atoms with Gasteiger partial charge in [0.25, 0.3) is 0 Å². The van der Waals surface area contributed by atoms with Gasteiger partial charge in [-0.2, -0.15) is 0 Å². The molecule has 3 rings (SSSR count). The van der Waals surface area contributed by atoms with Crippen LogP contribution < -0.4 is 4.74 Å². The third-order valence-electron chi connectivity index (χ3n) is 2.83. The monoisotopic (exact) mass is 308 g/mol. The van der Waals surface area contributed by atoms with Gasteiger partial charge in [0.05, 0.1) is 0 Å². The number of benzene rings is 1. The molecule has 1 aromatic carbocycles. The zero-order chi connectivity index (χ0) is 14.1. The van der Waals surface area contributed by atoms with Crippen molar-refractivity contribution < 1.29 is 9.13 Å². The molecule has 0 spiro atoms. The van der Waals surface area contributed by atoms with E-state index in [9.17, 15) is 4.39 Å². The summed E-state index contributed by atoms with van der Waals surface area (Å²) < 4.78 is 18.7. The third kappa shape index (κ3) is 2.59. The maximum absolute atomic E-state index is 13.2. The van der Waals surface area contributed by atoms with Crippen LogP contribution in [-0.2, 0) is 6.61 Å². The van der Waals surface area contributed by atoms with E-state index in [4.69, 9.17) is 16.3 Å². The molecule has 0 unspecified atom stereocenters. The lowest BCUT2D eigenvalue weighted by molar-refractivity contribution is 0.293. The van der Waals surface area contributed by atoms with Gasteiger partial charge in [-0.05, 0) is 30.0 Å². The molecule has 0 aliphatic rings. The molecule has 0 atom stereocenters. The first kappa shape index (κ1) is 13.3.